The van der Waals surface area contributed by atoms with Gasteiger partial charge in [0, 0.05) is 41.0 Å². The number of aryl methyl sites for hydroxylation is 1. The number of imidazole rings is 1. The zero-order chi connectivity index (χ0) is 24.9. The SMILES string of the molecule is Cc1ccc(-c2nccc3[nH]c(-c4[nH]nc5c(F)cc(-c6cncc(CN7CCCC7)c6)cc45)nc23)s1. The van der Waals surface area contributed by atoms with Crippen molar-refractivity contribution in [3.05, 3.63) is 71.2 Å². The molecule has 1 saturated heterocycles. The van der Waals surface area contributed by atoms with Gasteiger partial charge in [0.25, 0.3) is 0 Å². The lowest BCUT2D eigenvalue weighted by molar-refractivity contribution is 0.331. The number of benzene rings is 1. The van der Waals surface area contributed by atoms with Gasteiger partial charge in [-0.1, -0.05) is 0 Å². The molecule has 0 spiro atoms. The number of aromatic amines is 2. The number of hydrogen-bond acceptors (Lipinski definition) is 6. The fraction of sp³-hybridized carbons (Fsp3) is 0.214. The Balaban J connectivity index is 1.31. The van der Waals surface area contributed by atoms with Crippen LogP contribution >= 0.6 is 11.3 Å². The summed E-state index contributed by atoms with van der Waals surface area (Å²) in [6.45, 7) is 5.17. The van der Waals surface area contributed by atoms with Gasteiger partial charge in [-0.3, -0.25) is 20.0 Å². The molecule has 1 aliphatic rings. The van der Waals surface area contributed by atoms with Crippen LogP contribution in [0.25, 0.3) is 55.2 Å². The molecule has 0 amide bonds. The molecule has 0 radical (unpaired) electrons. The first-order chi connectivity index (χ1) is 18.1. The van der Waals surface area contributed by atoms with Crippen molar-refractivity contribution in [2.45, 2.75) is 26.3 Å². The molecule has 6 heterocycles. The zero-order valence-corrected chi connectivity index (χ0v) is 21.1. The Hall–Kier alpha value is -3.95. The van der Waals surface area contributed by atoms with Gasteiger partial charge in [-0.2, -0.15) is 5.10 Å². The summed E-state index contributed by atoms with van der Waals surface area (Å²) in [5.41, 5.74) is 6.17. The van der Waals surface area contributed by atoms with Gasteiger partial charge in [0.15, 0.2) is 11.6 Å². The Morgan fingerprint density at radius 1 is 1.03 bits per heavy atom. The van der Waals surface area contributed by atoms with Gasteiger partial charge in [0.05, 0.1) is 10.4 Å². The van der Waals surface area contributed by atoms with Crippen LogP contribution in [0.3, 0.4) is 0 Å². The van der Waals surface area contributed by atoms with Gasteiger partial charge >= 0.3 is 0 Å². The monoisotopic (exact) mass is 509 g/mol. The topological polar surface area (TPSA) is 86.4 Å². The fourth-order valence-corrected chi connectivity index (χ4v) is 6.01. The molecule has 1 aromatic carbocycles. The Morgan fingerprint density at radius 2 is 1.92 bits per heavy atom. The summed E-state index contributed by atoms with van der Waals surface area (Å²) >= 11 is 1.68. The quantitative estimate of drug-likeness (QED) is 0.283. The predicted molar refractivity (Wildman–Crippen MR) is 145 cm³/mol. The van der Waals surface area contributed by atoms with Crippen molar-refractivity contribution in [3.63, 3.8) is 0 Å². The second-order valence-corrected chi connectivity index (χ2v) is 10.9. The molecule has 0 aliphatic carbocycles. The fourth-order valence-electron chi connectivity index (χ4n) is 5.15. The molecular formula is C28H24FN7S. The predicted octanol–water partition coefficient (Wildman–Crippen LogP) is 6.34. The zero-order valence-electron chi connectivity index (χ0n) is 20.3. The highest BCUT2D eigenvalue weighted by Crippen LogP contribution is 2.35. The van der Waals surface area contributed by atoms with E-state index in [9.17, 15) is 0 Å². The standard InChI is InChI=1S/C28H24FN7S/c1-16-4-5-23(37-16)27-26-22(6-7-31-27)32-28(33-26)25-20-11-18(12-21(29)24(20)34-35-25)19-10-17(13-30-14-19)15-36-8-2-3-9-36/h4-7,10-14H,2-3,8-9,15H2,1H3,(H,32,33)(H,34,35). The number of rotatable bonds is 5. The number of nitrogens with zero attached hydrogens (tertiary/aromatic N) is 5. The molecule has 7 rings (SSSR count). The lowest BCUT2D eigenvalue weighted by Gasteiger charge is -2.14. The highest BCUT2D eigenvalue weighted by Gasteiger charge is 2.19. The Labute approximate surface area is 216 Å². The molecule has 9 heteroatoms. The molecule has 37 heavy (non-hydrogen) atoms. The molecule has 1 fully saturated rings. The minimum atomic E-state index is -0.382. The van der Waals surface area contributed by atoms with Gasteiger partial charge in [0.2, 0.25) is 0 Å². The number of fused-ring (bicyclic) bond motifs is 2. The Bertz CT molecular complexity index is 1760. The normalized spacial score (nSPS) is 14.3. The lowest BCUT2D eigenvalue weighted by Crippen LogP contribution is -2.18. The molecule has 5 aromatic heterocycles. The Morgan fingerprint density at radius 3 is 2.76 bits per heavy atom. The van der Waals surface area contributed by atoms with Crippen LogP contribution in [0.4, 0.5) is 4.39 Å². The summed E-state index contributed by atoms with van der Waals surface area (Å²) in [7, 11) is 0. The summed E-state index contributed by atoms with van der Waals surface area (Å²) in [6, 6.07) is 11.6. The number of H-pyrrole nitrogens is 2. The molecule has 184 valence electrons. The van der Waals surface area contributed by atoms with E-state index >= 15 is 4.39 Å². The van der Waals surface area contributed by atoms with E-state index in [4.69, 9.17) is 4.98 Å². The van der Waals surface area contributed by atoms with Crippen molar-refractivity contribution >= 4 is 33.3 Å². The number of likely N-dealkylation sites (tertiary alicyclic amines) is 1. The first-order valence-corrected chi connectivity index (χ1v) is 13.2. The van der Waals surface area contributed by atoms with Crippen LogP contribution in [-0.4, -0.2) is 48.1 Å². The third-order valence-corrected chi connectivity index (χ3v) is 7.96. The van der Waals surface area contributed by atoms with Crippen molar-refractivity contribution < 1.29 is 4.39 Å². The van der Waals surface area contributed by atoms with Gasteiger partial charge in [-0.05, 0) is 80.4 Å². The summed E-state index contributed by atoms with van der Waals surface area (Å²) in [5.74, 6) is 0.213. The van der Waals surface area contributed by atoms with Crippen LogP contribution in [0.2, 0.25) is 0 Å². The lowest BCUT2D eigenvalue weighted by atomic mass is 10.0. The second-order valence-electron chi connectivity index (χ2n) is 9.57. The van der Waals surface area contributed by atoms with Crippen LogP contribution in [-0.2, 0) is 6.54 Å². The third kappa shape index (κ3) is 4.00. The van der Waals surface area contributed by atoms with Crippen molar-refractivity contribution in [1.29, 1.82) is 0 Å². The van der Waals surface area contributed by atoms with Crippen LogP contribution in [0.15, 0.2) is 55.0 Å². The van der Waals surface area contributed by atoms with Crippen LogP contribution in [0.1, 0.15) is 23.3 Å². The number of halogens is 1. The van der Waals surface area contributed by atoms with E-state index in [1.54, 1.807) is 23.7 Å². The minimum absolute atomic E-state index is 0.285. The maximum atomic E-state index is 15.2. The number of hydrogen-bond donors (Lipinski definition) is 2. The number of pyridine rings is 2. The highest BCUT2D eigenvalue weighted by molar-refractivity contribution is 7.15. The second kappa shape index (κ2) is 8.86. The third-order valence-electron chi connectivity index (χ3n) is 6.96. The summed E-state index contributed by atoms with van der Waals surface area (Å²) in [6.07, 6.45) is 7.94. The minimum Gasteiger partial charge on any atom is -0.337 e. The largest absolute Gasteiger partial charge is 0.337 e. The smallest absolute Gasteiger partial charge is 0.157 e. The average Bonchev–Trinajstić information content (AvgIpc) is 3.70. The van der Waals surface area contributed by atoms with E-state index in [1.807, 2.05) is 18.3 Å². The molecule has 1 aliphatic heterocycles. The maximum Gasteiger partial charge on any atom is 0.157 e. The van der Waals surface area contributed by atoms with E-state index in [1.165, 1.54) is 23.8 Å². The van der Waals surface area contributed by atoms with Crippen LogP contribution < -0.4 is 0 Å². The average molecular weight is 510 g/mol. The van der Waals surface area contributed by atoms with Crippen molar-refractivity contribution in [2.24, 2.45) is 0 Å². The molecule has 6 aromatic rings. The summed E-state index contributed by atoms with van der Waals surface area (Å²) in [4.78, 5) is 22.0. The van der Waals surface area contributed by atoms with Crippen molar-refractivity contribution in [2.75, 3.05) is 13.1 Å². The van der Waals surface area contributed by atoms with E-state index in [2.05, 4.69) is 55.2 Å². The first kappa shape index (κ1) is 22.3. The summed E-state index contributed by atoms with van der Waals surface area (Å²) in [5, 5.41) is 7.95. The molecular weight excluding hydrogens is 485 g/mol. The van der Waals surface area contributed by atoms with Gasteiger partial charge in [-0.15, -0.1) is 11.3 Å². The van der Waals surface area contributed by atoms with E-state index < -0.39 is 0 Å². The molecule has 0 atom stereocenters. The van der Waals surface area contributed by atoms with Crippen LogP contribution in [0, 0.1) is 12.7 Å². The highest BCUT2D eigenvalue weighted by atomic mass is 32.1. The van der Waals surface area contributed by atoms with Crippen LogP contribution in [0.5, 0.6) is 0 Å². The van der Waals surface area contributed by atoms with Crippen molar-refractivity contribution in [3.8, 4) is 33.2 Å². The first-order valence-electron chi connectivity index (χ1n) is 12.4. The van der Waals surface area contributed by atoms with E-state index in [0.29, 0.717) is 16.9 Å². The van der Waals surface area contributed by atoms with Gasteiger partial charge < -0.3 is 4.98 Å². The molecule has 2 N–H and O–H groups in total. The molecule has 0 saturated carbocycles. The van der Waals surface area contributed by atoms with Crippen molar-refractivity contribution in [1.82, 2.24) is 35.0 Å². The molecule has 0 bridgehead atoms. The number of aromatic nitrogens is 6. The maximum absolute atomic E-state index is 15.2. The summed E-state index contributed by atoms with van der Waals surface area (Å²) < 4.78 is 15.2. The number of nitrogens with one attached hydrogen (secondary N) is 2. The van der Waals surface area contributed by atoms with Gasteiger partial charge in [-0.25, -0.2) is 9.37 Å². The van der Waals surface area contributed by atoms with E-state index in [0.717, 1.165) is 57.9 Å². The van der Waals surface area contributed by atoms with E-state index in [-0.39, 0.29) is 11.3 Å². The van der Waals surface area contributed by atoms with Gasteiger partial charge in [0.1, 0.15) is 22.4 Å². The molecule has 7 nitrogen and oxygen atoms in total. The Kier molecular flexibility index (Phi) is 5.33. The molecule has 0 unspecified atom stereocenters. The number of thiophene rings is 1.